The highest BCUT2D eigenvalue weighted by molar-refractivity contribution is 7.20. The topological polar surface area (TPSA) is 108 Å². The number of aromatic nitrogens is 5. The number of nitrogens with zero attached hydrogens (tertiary/aromatic N) is 6. The Balaban J connectivity index is 1.26. The summed E-state index contributed by atoms with van der Waals surface area (Å²) in [7, 11) is 1.51. The van der Waals surface area contributed by atoms with Crippen LogP contribution in [0.5, 0.6) is 11.5 Å². The van der Waals surface area contributed by atoms with E-state index in [0.29, 0.717) is 27.8 Å². The lowest BCUT2D eigenvalue weighted by atomic mass is 10.1. The lowest BCUT2D eigenvalue weighted by Crippen LogP contribution is -2.07. The molecular weight excluding hydrogens is 524 g/mol. The van der Waals surface area contributed by atoms with Crippen molar-refractivity contribution in [2.45, 2.75) is 39.2 Å². The molecule has 0 fully saturated rings. The molecule has 1 aliphatic rings. The van der Waals surface area contributed by atoms with Crippen LogP contribution in [0.15, 0.2) is 54.6 Å². The van der Waals surface area contributed by atoms with Gasteiger partial charge in [0.25, 0.3) is 0 Å². The van der Waals surface area contributed by atoms with Gasteiger partial charge in [0.05, 0.1) is 24.1 Å². The van der Waals surface area contributed by atoms with Crippen molar-refractivity contribution in [3.63, 3.8) is 0 Å². The van der Waals surface area contributed by atoms with E-state index in [0.717, 1.165) is 65.2 Å². The molecule has 0 bridgehead atoms. The molecule has 0 radical (unpaired) electrons. The van der Waals surface area contributed by atoms with Crippen LogP contribution in [0.2, 0.25) is 0 Å². The van der Waals surface area contributed by atoms with E-state index in [-0.39, 0.29) is 0 Å². The molecule has 5 aromatic rings. The van der Waals surface area contributed by atoms with Crippen LogP contribution >= 0.6 is 11.3 Å². The summed E-state index contributed by atoms with van der Waals surface area (Å²) in [6, 6.07) is 19.1. The van der Waals surface area contributed by atoms with Gasteiger partial charge < -0.3 is 14.0 Å². The maximum atomic E-state index is 13.2. The summed E-state index contributed by atoms with van der Waals surface area (Å²) in [6.07, 6.45) is 5.87. The Morgan fingerprint density at radius 3 is 2.73 bits per heavy atom. The second kappa shape index (κ2) is 10.8. The Bertz CT molecular complexity index is 1790. The summed E-state index contributed by atoms with van der Waals surface area (Å²) < 4.78 is 15.2. The number of fused-ring (bicyclic) bond motifs is 2. The van der Waals surface area contributed by atoms with Crippen molar-refractivity contribution >= 4 is 39.2 Å². The summed E-state index contributed by atoms with van der Waals surface area (Å²) >= 11 is 1.33. The number of allylic oxidation sites excluding steroid dienone is 1. The van der Waals surface area contributed by atoms with E-state index in [2.05, 4.69) is 21.4 Å². The highest BCUT2D eigenvalue weighted by Gasteiger charge is 2.21. The van der Waals surface area contributed by atoms with Gasteiger partial charge in [-0.15, -0.1) is 21.5 Å². The molecule has 3 aromatic heterocycles. The van der Waals surface area contributed by atoms with Gasteiger partial charge >= 0.3 is 5.97 Å². The normalized spacial score (nSPS) is 13.5. The number of benzene rings is 2. The van der Waals surface area contributed by atoms with Crippen LogP contribution in [-0.4, -0.2) is 37.6 Å². The van der Waals surface area contributed by atoms with Crippen molar-refractivity contribution in [3.8, 4) is 23.3 Å². The zero-order valence-corrected chi connectivity index (χ0v) is 22.9. The average Bonchev–Trinajstić information content (AvgIpc) is 3.63. The second-order valence-electron chi connectivity index (χ2n) is 9.53. The molecule has 9 nitrogen and oxygen atoms in total. The lowest BCUT2D eigenvalue weighted by Gasteiger charge is -2.10. The highest BCUT2D eigenvalue weighted by atomic mass is 32.1. The van der Waals surface area contributed by atoms with Gasteiger partial charge in [0.15, 0.2) is 17.3 Å². The Kier molecular flexibility index (Phi) is 6.88. The summed E-state index contributed by atoms with van der Waals surface area (Å²) in [4.78, 5) is 14.5. The molecule has 0 atom stereocenters. The first-order valence-corrected chi connectivity index (χ1v) is 13.9. The Morgan fingerprint density at radius 2 is 1.93 bits per heavy atom. The molecule has 0 aliphatic carbocycles. The van der Waals surface area contributed by atoms with Gasteiger partial charge in [-0.25, -0.2) is 9.48 Å². The van der Waals surface area contributed by atoms with E-state index in [1.807, 2.05) is 52.6 Å². The minimum absolute atomic E-state index is 0.290. The number of rotatable bonds is 6. The number of carbonyl (C=O) groups excluding carboxylic acids is 1. The quantitative estimate of drug-likeness (QED) is 0.145. The largest absolute Gasteiger partial charge is 0.493 e. The fraction of sp³-hybridized carbons (Fsp3) is 0.233. The van der Waals surface area contributed by atoms with Gasteiger partial charge in [0.1, 0.15) is 21.6 Å². The number of ether oxygens (including phenoxy) is 2. The molecule has 10 heteroatoms. The molecule has 40 heavy (non-hydrogen) atoms. The smallest absolute Gasteiger partial charge is 0.353 e. The van der Waals surface area contributed by atoms with Gasteiger partial charge in [0, 0.05) is 18.4 Å². The molecule has 0 N–H and O–H groups in total. The third-order valence-corrected chi connectivity index (χ3v) is 8.01. The number of para-hydroxylation sites is 1. The molecule has 0 amide bonds. The van der Waals surface area contributed by atoms with Gasteiger partial charge in [0.2, 0.25) is 0 Å². The maximum absolute atomic E-state index is 13.2. The number of thiophene rings is 1. The molecule has 2 aromatic carbocycles. The molecule has 6 rings (SSSR count). The van der Waals surface area contributed by atoms with E-state index in [1.165, 1.54) is 18.4 Å². The standard InChI is InChI=1S/C30H26N6O3S/c1-19-23-17-26(40-29(23)36(34-19)22-9-5-3-6-10-22)30(37)39-24-13-12-20(16-25(24)38-2)15-21(18-31)28-33-32-27-11-7-4-8-14-35(27)28/h3,5-6,9-10,12-13,15-17H,4,7-8,11,14H2,1-2H3/b21-15+. The van der Waals surface area contributed by atoms with Crippen LogP contribution in [0.3, 0.4) is 0 Å². The van der Waals surface area contributed by atoms with Crippen LogP contribution in [0.1, 0.15) is 51.8 Å². The van der Waals surface area contributed by atoms with Crippen molar-refractivity contribution in [2.75, 3.05) is 7.11 Å². The second-order valence-corrected chi connectivity index (χ2v) is 10.6. The maximum Gasteiger partial charge on any atom is 0.353 e. The first kappa shape index (κ1) is 25.5. The Labute approximate surface area is 234 Å². The molecular formula is C30H26N6O3S. The number of methoxy groups -OCH3 is 1. The van der Waals surface area contributed by atoms with E-state index < -0.39 is 5.97 Å². The first-order valence-electron chi connectivity index (χ1n) is 13.0. The van der Waals surface area contributed by atoms with Crippen molar-refractivity contribution in [1.29, 1.82) is 5.26 Å². The third-order valence-electron chi connectivity index (χ3n) is 6.92. The zero-order valence-electron chi connectivity index (χ0n) is 22.1. The summed E-state index contributed by atoms with van der Waals surface area (Å²) in [6.45, 7) is 2.72. The van der Waals surface area contributed by atoms with Gasteiger partial charge in [-0.05, 0) is 61.7 Å². The van der Waals surface area contributed by atoms with E-state index in [9.17, 15) is 10.1 Å². The van der Waals surface area contributed by atoms with Gasteiger partial charge in [-0.3, -0.25) is 0 Å². The monoisotopic (exact) mass is 550 g/mol. The number of esters is 1. The van der Waals surface area contributed by atoms with Crippen LogP contribution in [-0.2, 0) is 13.0 Å². The number of carbonyl (C=O) groups is 1. The van der Waals surface area contributed by atoms with Crippen molar-refractivity contribution in [3.05, 3.63) is 82.4 Å². The Morgan fingerprint density at radius 1 is 1.07 bits per heavy atom. The van der Waals surface area contributed by atoms with Crippen molar-refractivity contribution in [2.24, 2.45) is 0 Å². The van der Waals surface area contributed by atoms with Crippen molar-refractivity contribution in [1.82, 2.24) is 24.5 Å². The minimum Gasteiger partial charge on any atom is -0.493 e. The average molecular weight is 551 g/mol. The molecule has 200 valence electrons. The van der Waals surface area contributed by atoms with Crippen LogP contribution < -0.4 is 9.47 Å². The van der Waals surface area contributed by atoms with E-state index >= 15 is 0 Å². The zero-order chi connectivity index (χ0) is 27.6. The SMILES string of the molecule is COc1cc(/C=C(\C#N)c2nnc3n2CCCCC3)ccc1OC(=O)c1cc2c(C)nn(-c3ccccc3)c2s1. The molecule has 0 spiro atoms. The van der Waals surface area contributed by atoms with Crippen LogP contribution in [0.4, 0.5) is 0 Å². The predicted octanol–water partition coefficient (Wildman–Crippen LogP) is 6.01. The minimum atomic E-state index is -0.481. The fourth-order valence-corrected chi connectivity index (χ4v) is 5.96. The third kappa shape index (κ3) is 4.76. The molecule has 4 heterocycles. The number of hydrogen-bond acceptors (Lipinski definition) is 8. The van der Waals surface area contributed by atoms with Crippen LogP contribution in [0, 0.1) is 18.3 Å². The first-order chi connectivity index (χ1) is 19.6. The molecule has 0 saturated carbocycles. The fourth-order valence-electron chi connectivity index (χ4n) is 4.90. The number of nitriles is 1. The number of hydrogen-bond donors (Lipinski definition) is 0. The molecule has 1 aliphatic heterocycles. The molecule has 0 unspecified atom stereocenters. The Hall–Kier alpha value is -4.75. The van der Waals surface area contributed by atoms with E-state index in [4.69, 9.17) is 9.47 Å². The number of aryl methyl sites for hydroxylation is 2. The van der Waals surface area contributed by atoms with Crippen molar-refractivity contribution < 1.29 is 14.3 Å². The summed E-state index contributed by atoms with van der Waals surface area (Å²) in [5, 5.41) is 24.1. The summed E-state index contributed by atoms with van der Waals surface area (Å²) in [5.74, 6) is 1.68. The predicted molar refractivity (Wildman–Crippen MR) is 153 cm³/mol. The highest BCUT2D eigenvalue weighted by Crippen LogP contribution is 2.34. The molecule has 0 saturated heterocycles. The van der Waals surface area contributed by atoms with Gasteiger partial charge in [-0.2, -0.15) is 10.4 Å². The van der Waals surface area contributed by atoms with Crippen LogP contribution in [0.25, 0.3) is 27.6 Å². The summed E-state index contributed by atoms with van der Waals surface area (Å²) in [5.41, 5.74) is 2.90. The van der Waals surface area contributed by atoms with Gasteiger partial charge in [-0.1, -0.05) is 30.7 Å². The lowest BCUT2D eigenvalue weighted by molar-refractivity contribution is 0.0735. The van der Waals surface area contributed by atoms with E-state index in [1.54, 1.807) is 24.3 Å².